The number of thiazole rings is 1. The Morgan fingerprint density at radius 3 is 2.56 bits per heavy atom. The number of ketones is 1. The van der Waals surface area contributed by atoms with Gasteiger partial charge in [-0.05, 0) is 6.92 Å². The Morgan fingerprint density at radius 2 is 2.06 bits per heavy atom. The number of aromatic nitrogens is 1. The maximum absolute atomic E-state index is 11.4. The summed E-state index contributed by atoms with van der Waals surface area (Å²) in [5, 5.41) is 0.984. The molecular formula is C12H17N3O2S. The highest BCUT2D eigenvalue weighted by Gasteiger charge is 2.18. The smallest absolute Gasteiger partial charge is 0.209 e. The van der Waals surface area contributed by atoms with Crippen molar-refractivity contribution in [1.29, 1.82) is 0 Å². The lowest BCUT2D eigenvalue weighted by molar-refractivity contribution is -0.119. The number of piperazine rings is 1. The molecule has 1 fully saturated rings. The van der Waals surface area contributed by atoms with Crippen LogP contribution in [0.4, 0.5) is 0 Å². The number of rotatable bonds is 4. The molecular weight excluding hydrogens is 250 g/mol. The lowest BCUT2D eigenvalue weighted by atomic mass is 10.3. The molecule has 2 rings (SSSR count). The highest BCUT2D eigenvalue weighted by Crippen LogP contribution is 2.20. The molecule has 6 heteroatoms. The second kappa shape index (κ2) is 5.58. The predicted molar refractivity (Wildman–Crippen MR) is 69.8 cm³/mol. The highest BCUT2D eigenvalue weighted by atomic mass is 32.1. The normalized spacial score (nSPS) is 16.9. The first-order valence-corrected chi connectivity index (χ1v) is 6.80. The fourth-order valence-electron chi connectivity index (χ4n) is 2.06. The van der Waals surface area contributed by atoms with Crippen LogP contribution in [0.3, 0.4) is 0 Å². The zero-order valence-electron chi connectivity index (χ0n) is 10.7. The van der Waals surface area contributed by atoms with Crippen LogP contribution in [0.2, 0.25) is 0 Å². The molecule has 0 aliphatic carbocycles. The Morgan fingerprint density at radius 1 is 1.39 bits per heavy atom. The molecule has 0 spiro atoms. The van der Waals surface area contributed by atoms with E-state index in [0.29, 0.717) is 0 Å². The van der Waals surface area contributed by atoms with E-state index in [4.69, 9.17) is 0 Å². The zero-order chi connectivity index (χ0) is 13.1. The molecule has 2 heterocycles. The van der Waals surface area contributed by atoms with Crippen LogP contribution < -0.4 is 0 Å². The van der Waals surface area contributed by atoms with E-state index < -0.39 is 0 Å². The summed E-state index contributed by atoms with van der Waals surface area (Å²) in [5.74, 6) is 0.0852. The number of carbonyl (C=O) groups excluding carboxylic acids is 2. The average molecular weight is 267 g/mol. The van der Waals surface area contributed by atoms with Crippen molar-refractivity contribution in [3.05, 3.63) is 15.6 Å². The van der Waals surface area contributed by atoms with E-state index in [-0.39, 0.29) is 5.78 Å². The molecule has 98 valence electrons. The zero-order valence-corrected chi connectivity index (χ0v) is 11.5. The minimum atomic E-state index is 0.0852. The molecule has 5 nitrogen and oxygen atoms in total. The largest absolute Gasteiger partial charge is 0.343 e. The molecule has 0 N–H and O–H groups in total. The molecule has 1 aliphatic rings. The van der Waals surface area contributed by atoms with E-state index in [1.54, 1.807) is 11.8 Å². The predicted octanol–water partition coefficient (Wildman–Crippen LogP) is 0.928. The van der Waals surface area contributed by atoms with Gasteiger partial charge in [-0.1, -0.05) is 0 Å². The Kier molecular flexibility index (Phi) is 4.08. The van der Waals surface area contributed by atoms with Crippen LogP contribution in [-0.4, -0.2) is 53.2 Å². The Labute approximate surface area is 110 Å². The number of amides is 1. The fourth-order valence-corrected chi connectivity index (χ4v) is 3.07. The summed E-state index contributed by atoms with van der Waals surface area (Å²) in [6, 6.07) is 0. The van der Waals surface area contributed by atoms with Crippen molar-refractivity contribution in [2.24, 2.45) is 0 Å². The molecule has 1 aromatic rings. The molecule has 1 saturated heterocycles. The van der Waals surface area contributed by atoms with Gasteiger partial charge in [-0.2, -0.15) is 0 Å². The maximum atomic E-state index is 11.4. The molecule has 0 unspecified atom stereocenters. The van der Waals surface area contributed by atoms with Crippen LogP contribution in [0.25, 0.3) is 0 Å². The van der Waals surface area contributed by atoms with E-state index >= 15 is 0 Å². The quantitative estimate of drug-likeness (QED) is 0.601. The summed E-state index contributed by atoms with van der Waals surface area (Å²) in [4.78, 5) is 31.2. The number of aryl methyl sites for hydroxylation is 1. The van der Waals surface area contributed by atoms with Crippen molar-refractivity contribution in [3.8, 4) is 0 Å². The third kappa shape index (κ3) is 2.94. The van der Waals surface area contributed by atoms with Gasteiger partial charge in [-0.25, -0.2) is 4.98 Å². The van der Waals surface area contributed by atoms with E-state index in [0.717, 1.165) is 54.7 Å². The SMILES string of the molecule is CC(=O)c1sc(CN2CCN(C=O)CC2)nc1C. The van der Waals surface area contributed by atoms with Gasteiger partial charge < -0.3 is 4.90 Å². The summed E-state index contributed by atoms with van der Waals surface area (Å²) in [6.07, 6.45) is 0.902. The van der Waals surface area contributed by atoms with Gasteiger partial charge in [0.15, 0.2) is 5.78 Å². The second-order valence-electron chi connectivity index (χ2n) is 4.50. The third-order valence-corrected chi connectivity index (χ3v) is 4.32. The van der Waals surface area contributed by atoms with Crippen LogP contribution in [0.15, 0.2) is 0 Å². The van der Waals surface area contributed by atoms with Crippen molar-refractivity contribution in [1.82, 2.24) is 14.8 Å². The van der Waals surface area contributed by atoms with E-state index in [2.05, 4.69) is 9.88 Å². The number of nitrogens with zero attached hydrogens (tertiary/aromatic N) is 3. The summed E-state index contributed by atoms with van der Waals surface area (Å²) >= 11 is 1.48. The maximum Gasteiger partial charge on any atom is 0.209 e. The van der Waals surface area contributed by atoms with Crippen molar-refractivity contribution < 1.29 is 9.59 Å². The average Bonchev–Trinajstić information content (AvgIpc) is 2.71. The third-order valence-electron chi connectivity index (χ3n) is 3.08. The summed E-state index contributed by atoms with van der Waals surface area (Å²) in [5.41, 5.74) is 0.828. The molecule has 1 aliphatic heterocycles. The van der Waals surface area contributed by atoms with Crippen molar-refractivity contribution in [3.63, 3.8) is 0 Å². The van der Waals surface area contributed by atoms with Crippen molar-refractivity contribution in [2.75, 3.05) is 26.2 Å². The van der Waals surface area contributed by atoms with Crippen LogP contribution in [0.5, 0.6) is 0 Å². The van der Waals surface area contributed by atoms with Crippen LogP contribution in [-0.2, 0) is 11.3 Å². The van der Waals surface area contributed by atoms with Gasteiger partial charge in [0, 0.05) is 33.1 Å². The Hall–Kier alpha value is -1.27. The molecule has 0 radical (unpaired) electrons. The Balaban J connectivity index is 1.96. The first-order valence-electron chi connectivity index (χ1n) is 5.99. The molecule has 0 aromatic carbocycles. The van der Waals surface area contributed by atoms with Crippen LogP contribution in [0, 0.1) is 6.92 Å². The standard InChI is InChI=1S/C12H17N3O2S/c1-9-12(10(2)17)18-11(13-9)7-14-3-5-15(8-16)6-4-14/h8H,3-7H2,1-2H3. The van der Waals surface area contributed by atoms with E-state index in [1.807, 2.05) is 6.92 Å². The molecule has 1 aromatic heterocycles. The highest BCUT2D eigenvalue weighted by molar-refractivity contribution is 7.13. The van der Waals surface area contributed by atoms with Gasteiger partial charge in [0.2, 0.25) is 6.41 Å². The number of Topliss-reactive ketones (excluding diaryl/α,β-unsaturated/α-hetero) is 1. The minimum absolute atomic E-state index is 0.0852. The van der Waals surface area contributed by atoms with Crippen molar-refractivity contribution >= 4 is 23.5 Å². The Bertz CT molecular complexity index is 450. The fraction of sp³-hybridized carbons (Fsp3) is 0.583. The van der Waals surface area contributed by atoms with Gasteiger partial charge in [-0.15, -0.1) is 11.3 Å². The van der Waals surface area contributed by atoms with Gasteiger partial charge in [0.1, 0.15) is 5.01 Å². The first-order chi connectivity index (χ1) is 8.60. The molecule has 0 bridgehead atoms. The van der Waals surface area contributed by atoms with Crippen LogP contribution in [0.1, 0.15) is 27.3 Å². The lowest BCUT2D eigenvalue weighted by Gasteiger charge is -2.31. The summed E-state index contributed by atoms with van der Waals surface area (Å²) < 4.78 is 0. The number of hydrogen-bond acceptors (Lipinski definition) is 5. The number of hydrogen-bond donors (Lipinski definition) is 0. The van der Waals surface area contributed by atoms with Crippen LogP contribution >= 0.6 is 11.3 Å². The summed E-state index contributed by atoms with van der Waals surface area (Å²) in [7, 11) is 0. The lowest BCUT2D eigenvalue weighted by Crippen LogP contribution is -2.45. The van der Waals surface area contributed by atoms with Gasteiger partial charge in [0.05, 0.1) is 17.1 Å². The molecule has 18 heavy (non-hydrogen) atoms. The number of carbonyl (C=O) groups is 2. The summed E-state index contributed by atoms with van der Waals surface area (Å²) in [6.45, 7) is 7.50. The van der Waals surface area contributed by atoms with Crippen molar-refractivity contribution in [2.45, 2.75) is 20.4 Å². The van der Waals surface area contributed by atoms with Gasteiger partial charge in [0.25, 0.3) is 0 Å². The first kappa shape index (κ1) is 13.2. The second-order valence-corrected chi connectivity index (χ2v) is 5.58. The van der Waals surface area contributed by atoms with Gasteiger partial charge in [-0.3, -0.25) is 14.5 Å². The minimum Gasteiger partial charge on any atom is -0.343 e. The van der Waals surface area contributed by atoms with Gasteiger partial charge >= 0.3 is 0 Å². The van der Waals surface area contributed by atoms with E-state index in [9.17, 15) is 9.59 Å². The van der Waals surface area contributed by atoms with E-state index in [1.165, 1.54) is 11.3 Å². The molecule has 1 amide bonds. The molecule has 0 atom stereocenters. The monoisotopic (exact) mass is 267 g/mol. The molecule has 0 saturated carbocycles. The topological polar surface area (TPSA) is 53.5 Å².